The number of ether oxygens (including phenoxy) is 2. The summed E-state index contributed by atoms with van der Waals surface area (Å²) in [5, 5.41) is 10.5. The number of nitrogens with zero attached hydrogens (tertiary/aromatic N) is 1. The number of aliphatic hydroxyl groups excluding tert-OH is 1. The van der Waals surface area contributed by atoms with Gasteiger partial charge in [-0.05, 0) is 55.7 Å². The third-order valence-electron chi connectivity index (χ3n) is 5.11. The Balaban J connectivity index is 0.00000280. The highest BCUT2D eigenvalue weighted by Crippen LogP contribution is 2.29. The summed E-state index contributed by atoms with van der Waals surface area (Å²) in [7, 11) is 0. The molecular weight excluding hydrogens is 442 g/mol. The molecule has 0 amide bonds. The van der Waals surface area contributed by atoms with Crippen molar-refractivity contribution in [2.75, 3.05) is 26.3 Å². The lowest BCUT2D eigenvalue weighted by Gasteiger charge is -2.40. The van der Waals surface area contributed by atoms with E-state index in [2.05, 4.69) is 46.0 Å². The summed E-state index contributed by atoms with van der Waals surface area (Å²) >= 11 is 3.48. The lowest BCUT2D eigenvalue weighted by atomic mass is 10.0. The minimum Gasteiger partial charge on any atom is -0.491 e. The van der Waals surface area contributed by atoms with Crippen LogP contribution in [0.15, 0.2) is 46.9 Å². The van der Waals surface area contributed by atoms with Crippen molar-refractivity contribution >= 4 is 28.3 Å². The van der Waals surface area contributed by atoms with Crippen molar-refractivity contribution in [1.82, 2.24) is 4.90 Å². The van der Waals surface area contributed by atoms with Gasteiger partial charge in [0, 0.05) is 23.6 Å². The van der Waals surface area contributed by atoms with Crippen molar-refractivity contribution in [3.8, 4) is 5.75 Å². The highest BCUT2D eigenvalue weighted by Gasteiger charge is 2.31. The van der Waals surface area contributed by atoms with Gasteiger partial charge in [-0.1, -0.05) is 40.2 Å². The first-order chi connectivity index (χ1) is 12.9. The Morgan fingerprint density at radius 2 is 1.93 bits per heavy atom. The lowest BCUT2D eigenvalue weighted by molar-refractivity contribution is -0.0804. The lowest BCUT2D eigenvalue weighted by Crippen LogP contribution is -2.49. The van der Waals surface area contributed by atoms with Crippen LogP contribution in [0.5, 0.6) is 5.75 Å². The zero-order chi connectivity index (χ0) is 19.4. The Hall–Kier alpha value is -1.11. The molecule has 1 aliphatic heterocycles. The molecule has 1 fully saturated rings. The van der Waals surface area contributed by atoms with Crippen molar-refractivity contribution < 1.29 is 14.6 Å². The summed E-state index contributed by atoms with van der Waals surface area (Å²) in [5.41, 5.74) is 3.41. The predicted molar refractivity (Wildman–Crippen MR) is 119 cm³/mol. The van der Waals surface area contributed by atoms with Gasteiger partial charge >= 0.3 is 0 Å². The van der Waals surface area contributed by atoms with E-state index in [-0.39, 0.29) is 31.2 Å². The van der Waals surface area contributed by atoms with Crippen LogP contribution < -0.4 is 4.74 Å². The molecule has 1 aliphatic rings. The van der Waals surface area contributed by atoms with Crippen LogP contribution in [-0.4, -0.2) is 48.5 Å². The molecule has 3 unspecified atom stereocenters. The van der Waals surface area contributed by atoms with Crippen molar-refractivity contribution in [3.05, 3.63) is 63.6 Å². The molecule has 1 heterocycles. The molecule has 0 bridgehead atoms. The van der Waals surface area contributed by atoms with Gasteiger partial charge in [0.1, 0.15) is 18.5 Å². The van der Waals surface area contributed by atoms with E-state index in [1.54, 1.807) is 0 Å². The fourth-order valence-electron chi connectivity index (χ4n) is 3.49. The van der Waals surface area contributed by atoms with Crippen LogP contribution >= 0.6 is 28.3 Å². The van der Waals surface area contributed by atoms with Gasteiger partial charge in [-0.15, -0.1) is 12.4 Å². The predicted octanol–water partition coefficient (Wildman–Crippen LogP) is 4.69. The Morgan fingerprint density at radius 1 is 1.21 bits per heavy atom. The van der Waals surface area contributed by atoms with Crippen LogP contribution in [0, 0.1) is 13.8 Å². The summed E-state index contributed by atoms with van der Waals surface area (Å²) in [6.45, 7) is 8.56. The van der Waals surface area contributed by atoms with Crippen LogP contribution in [0.25, 0.3) is 0 Å². The second kappa shape index (κ2) is 10.6. The first kappa shape index (κ1) is 23.2. The molecule has 28 heavy (non-hydrogen) atoms. The average molecular weight is 471 g/mol. The van der Waals surface area contributed by atoms with Gasteiger partial charge in [-0.3, -0.25) is 4.90 Å². The van der Waals surface area contributed by atoms with Gasteiger partial charge in [0.05, 0.1) is 12.7 Å². The average Bonchev–Trinajstić information content (AvgIpc) is 2.65. The van der Waals surface area contributed by atoms with E-state index in [0.717, 1.165) is 33.5 Å². The zero-order valence-electron chi connectivity index (χ0n) is 16.6. The van der Waals surface area contributed by atoms with Crippen LogP contribution in [-0.2, 0) is 4.74 Å². The highest BCUT2D eigenvalue weighted by molar-refractivity contribution is 9.10. The van der Waals surface area contributed by atoms with Gasteiger partial charge in [-0.25, -0.2) is 0 Å². The molecule has 2 aromatic carbocycles. The number of hydrogen-bond acceptors (Lipinski definition) is 4. The molecule has 0 aliphatic carbocycles. The van der Waals surface area contributed by atoms with Crippen molar-refractivity contribution in [1.29, 1.82) is 0 Å². The number of β-amino-alcohol motifs (C(OH)–C–C–N with tert-alkyl or cyclic N) is 1. The third-order valence-corrected chi connectivity index (χ3v) is 5.64. The molecule has 1 saturated heterocycles. The zero-order valence-corrected chi connectivity index (χ0v) is 19.0. The maximum Gasteiger partial charge on any atom is 0.122 e. The van der Waals surface area contributed by atoms with Crippen LogP contribution in [0.2, 0.25) is 0 Å². The molecule has 6 heteroatoms. The van der Waals surface area contributed by atoms with Gasteiger partial charge in [0.15, 0.2) is 0 Å². The number of halogens is 2. The smallest absolute Gasteiger partial charge is 0.122 e. The number of aliphatic hydroxyl groups is 1. The van der Waals surface area contributed by atoms with E-state index in [0.29, 0.717) is 13.2 Å². The summed E-state index contributed by atoms with van der Waals surface area (Å²) in [5.74, 6) is 0.844. The largest absolute Gasteiger partial charge is 0.491 e. The first-order valence-corrected chi connectivity index (χ1v) is 10.2. The molecule has 0 saturated carbocycles. The number of hydrogen-bond donors (Lipinski definition) is 1. The summed E-state index contributed by atoms with van der Waals surface area (Å²) in [6.07, 6.45) is -0.532. The molecule has 1 N–H and O–H groups in total. The van der Waals surface area contributed by atoms with E-state index in [1.165, 1.54) is 0 Å². The summed E-state index contributed by atoms with van der Waals surface area (Å²) in [4.78, 5) is 2.29. The SMILES string of the molecule is Cc1ccc(C)c(OCC(O)CN2CCOC(c3ccc(Br)cc3)C2C)c1.Cl. The fraction of sp³-hybridized carbons (Fsp3) is 0.455. The second-order valence-corrected chi connectivity index (χ2v) is 8.23. The maximum atomic E-state index is 10.5. The van der Waals surface area contributed by atoms with Gasteiger partial charge in [0.25, 0.3) is 0 Å². The molecule has 3 rings (SSSR count). The summed E-state index contributed by atoms with van der Waals surface area (Å²) in [6, 6.07) is 14.6. The van der Waals surface area contributed by atoms with Crippen LogP contribution in [0.1, 0.15) is 29.7 Å². The van der Waals surface area contributed by atoms with Gasteiger partial charge < -0.3 is 14.6 Å². The number of rotatable bonds is 6. The number of morpholine rings is 1. The normalized spacial score (nSPS) is 21.0. The fourth-order valence-corrected chi connectivity index (χ4v) is 3.75. The van der Waals surface area contributed by atoms with E-state index in [4.69, 9.17) is 9.47 Å². The quantitative estimate of drug-likeness (QED) is 0.665. The Labute approximate surface area is 182 Å². The van der Waals surface area contributed by atoms with Gasteiger partial charge in [-0.2, -0.15) is 0 Å². The molecule has 3 atom stereocenters. The van der Waals surface area contributed by atoms with Crippen LogP contribution in [0.3, 0.4) is 0 Å². The second-order valence-electron chi connectivity index (χ2n) is 7.31. The molecule has 0 aromatic heterocycles. The highest BCUT2D eigenvalue weighted by atomic mass is 79.9. The van der Waals surface area contributed by atoms with E-state index in [9.17, 15) is 5.11 Å². The van der Waals surface area contributed by atoms with Crippen LogP contribution in [0.4, 0.5) is 0 Å². The summed E-state index contributed by atoms with van der Waals surface area (Å²) < 4.78 is 12.9. The van der Waals surface area contributed by atoms with E-state index in [1.807, 2.05) is 38.1 Å². The topological polar surface area (TPSA) is 41.9 Å². The van der Waals surface area contributed by atoms with E-state index >= 15 is 0 Å². The standard InChI is InChI=1S/C22H28BrNO3.ClH/c1-15-4-5-16(2)21(12-15)27-14-20(25)13-24-10-11-26-22(17(24)3)18-6-8-19(23)9-7-18;/h4-9,12,17,20,22,25H,10-11,13-14H2,1-3H3;1H. The third kappa shape index (κ3) is 5.94. The monoisotopic (exact) mass is 469 g/mol. The number of aryl methyl sites for hydroxylation is 2. The molecule has 0 spiro atoms. The molecule has 2 aromatic rings. The minimum atomic E-state index is -0.545. The Kier molecular flexibility index (Phi) is 8.78. The van der Waals surface area contributed by atoms with Crippen molar-refractivity contribution in [3.63, 3.8) is 0 Å². The van der Waals surface area contributed by atoms with Crippen molar-refractivity contribution in [2.24, 2.45) is 0 Å². The minimum absolute atomic E-state index is 0. The van der Waals surface area contributed by atoms with Gasteiger partial charge in [0.2, 0.25) is 0 Å². The Bertz CT molecular complexity index is 756. The molecular formula is C22H29BrClNO3. The van der Waals surface area contributed by atoms with E-state index < -0.39 is 6.10 Å². The first-order valence-electron chi connectivity index (χ1n) is 9.43. The van der Waals surface area contributed by atoms with Crippen molar-refractivity contribution in [2.45, 2.75) is 39.0 Å². The Morgan fingerprint density at radius 3 is 2.64 bits per heavy atom. The molecule has 0 radical (unpaired) electrons. The molecule has 154 valence electrons. The molecule has 4 nitrogen and oxygen atoms in total. The number of benzene rings is 2. The maximum absolute atomic E-state index is 10.5.